The Balaban J connectivity index is 3.88. The van der Waals surface area contributed by atoms with Crippen molar-refractivity contribution in [1.29, 1.82) is 0 Å². The molecular weight excluding hydrogens is 226 g/mol. The number of carbonyl (C=O) groups is 3. The Bertz CT molecular complexity index is 256. The molecule has 0 bridgehead atoms. The van der Waals surface area contributed by atoms with Crippen LogP contribution in [0, 0.1) is 0 Å². The lowest BCUT2D eigenvalue weighted by molar-refractivity contribution is -0.140. The topological polar surface area (TPSA) is 124 Å². The summed E-state index contributed by atoms with van der Waals surface area (Å²) in [7, 11) is 0. The molecule has 7 nitrogen and oxygen atoms in total. The standard InChI is InChI=1S/C7H11NO6S/c9-5(10)1-8-4(7(13)14)2-15-3-6(11)12/h4,8H,1-3H2,(H,9,10)(H,11,12)(H,13,14)/t4-/m1/s1. The summed E-state index contributed by atoms with van der Waals surface area (Å²) in [6.45, 7) is -0.468. The van der Waals surface area contributed by atoms with Gasteiger partial charge in [0.15, 0.2) is 0 Å². The predicted octanol–water partition coefficient (Wildman–Crippen LogP) is -1.07. The van der Waals surface area contributed by atoms with Crippen LogP contribution in [-0.2, 0) is 14.4 Å². The normalized spacial score (nSPS) is 12.0. The summed E-state index contributed by atoms with van der Waals surface area (Å²) in [5, 5.41) is 27.5. The van der Waals surface area contributed by atoms with Crippen molar-refractivity contribution in [1.82, 2.24) is 5.32 Å². The molecule has 0 aliphatic carbocycles. The fourth-order valence-corrected chi connectivity index (χ4v) is 1.48. The Morgan fingerprint density at radius 1 is 1.13 bits per heavy atom. The number of nitrogens with one attached hydrogen (secondary N) is 1. The van der Waals surface area contributed by atoms with Gasteiger partial charge in [-0.2, -0.15) is 0 Å². The van der Waals surface area contributed by atoms with Crippen molar-refractivity contribution < 1.29 is 29.7 Å². The highest BCUT2D eigenvalue weighted by molar-refractivity contribution is 8.00. The lowest BCUT2D eigenvalue weighted by atomic mass is 10.3. The third-order valence-electron chi connectivity index (χ3n) is 1.31. The minimum atomic E-state index is -1.20. The molecule has 4 N–H and O–H groups in total. The fourth-order valence-electron chi connectivity index (χ4n) is 0.692. The van der Waals surface area contributed by atoms with Gasteiger partial charge >= 0.3 is 17.9 Å². The van der Waals surface area contributed by atoms with E-state index in [4.69, 9.17) is 15.3 Å². The molecule has 0 amide bonds. The number of aliphatic carboxylic acids is 3. The Morgan fingerprint density at radius 2 is 1.73 bits per heavy atom. The van der Waals surface area contributed by atoms with Gasteiger partial charge in [-0.1, -0.05) is 0 Å². The van der Waals surface area contributed by atoms with Crippen molar-refractivity contribution in [2.75, 3.05) is 18.1 Å². The molecule has 0 rings (SSSR count). The van der Waals surface area contributed by atoms with Crippen LogP contribution in [0.3, 0.4) is 0 Å². The summed E-state index contributed by atoms with van der Waals surface area (Å²) in [6, 6.07) is -1.05. The maximum absolute atomic E-state index is 10.6. The monoisotopic (exact) mass is 237 g/mol. The largest absolute Gasteiger partial charge is 0.481 e. The van der Waals surface area contributed by atoms with Gasteiger partial charge < -0.3 is 15.3 Å². The molecule has 1 atom stereocenters. The van der Waals surface area contributed by atoms with E-state index in [1.54, 1.807) is 0 Å². The van der Waals surface area contributed by atoms with Crippen LogP contribution in [0.15, 0.2) is 0 Å². The summed E-state index contributed by atoms with van der Waals surface area (Å²) in [5.74, 6) is -3.60. The quantitative estimate of drug-likeness (QED) is 0.421. The van der Waals surface area contributed by atoms with E-state index in [2.05, 4.69) is 5.32 Å². The van der Waals surface area contributed by atoms with E-state index in [0.717, 1.165) is 11.8 Å². The highest BCUT2D eigenvalue weighted by Gasteiger charge is 2.18. The maximum atomic E-state index is 10.6. The zero-order valence-electron chi connectivity index (χ0n) is 7.67. The molecule has 0 aromatic carbocycles. The Morgan fingerprint density at radius 3 is 2.13 bits per heavy atom. The van der Waals surface area contributed by atoms with Gasteiger partial charge in [0.2, 0.25) is 0 Å². The second kappa shape index (κ2) is 7.07. The molecule has 0 aliphatic heterocycles. The number of hydrogen-bond donors (Lipinski definition) is 4. The lowest BCUT2D eigenvalue weighted by Gasteiger charge is -2.11. The van der Waals surface area contributed by atoms with Gasteiger partial charge in [-0.25, -0.2) is 0 Å². The highest BCUT2D eigenvalue weighted by atomic mass is 32.2. The Kier molecular flexibility index (Phi) is 6.47. The average molecular weight is 237 g/mol. The first kappa shape index (κ1) is 13.7. The van der Waals surface area contributed by atoms with Gasteiger partial charge in [-0.05, 0) is 0 Å². The van der Waals surface area contributed by atoms with Crippen LogP contribution in [0.2, 0.25) is 0 Å². The van der Waals surface area contributed by atoms with Crippen molar-refractivity contribution in [3.05, 3.63) is 0 Å². The maximum Gasteiger partial charge on any atom is 0.321 e. The van der Waals surface area contributed by atoms with Gasteiger partial charge in [0.1, 0.15) is 6.04 Å². The molecule has 0 radical (unpaired) electrons. The van der Waals surface area contributed by atoms with E-state index in [0.29, 0.717) is 0 Å². The van der Waals surface area contributed by atoms with Crippen molar-refractivity contribution in [2.24, 2.45) is 0 Å². The van der Waals surface area contributed by atoms with E-state index in [9.17, 15) is 14.4 Å². The SMILES string of the molecule is O=C(O)CN[C@H](CSCC(=O)O)C(=O)O. The molecule has 86 valence electrons. The Labute approximate surface area is 89.5 Å². The van der Waals surface area contributed by atoms with Crippen molar-refractivity contribution in [3.63, 3.8) is 0 Å². The average Bonchev–Trinajstić information content (AvgIpc) is 2.09. The molecule has 0 aliphatic rings. The molecule has 0 aromatic rings. The number of carboxylic acids is 3. The van der Waals surface area contributed by atoms with Crippen molar-refractivity contribution in [2.45, 2.75) is 6.04 Å². The molecule has 0 spiro atoms. The van der Waals surface area contributed by atoms with E-state index < -0.39 is 30.5 Å². The number of hydrogen-bond acceptors (Lipinski definition) is 5. The first-order chi connectivity index (χ1) is 6.93. The molecule has 0 aromatic heterocycles. The number of thioether (sulfide) groups is 1. The van der Waals surface area contributed by atoms with Crippen LogP contribution < -0.4 is 5.32 Å². The van der Waals surface area contributed by atoms with Gasteiger partial charge in [0, 0.05) is 5.75 Å². The summed E-state index contributed by atoms with van der Waals surface area (Å²) in [4.78, 5) is 30.9. The van der Waals surface area contributed by atoms with Crippen molar-refractivity contribution >= 4 is 29.7 Å². The smallest absolute Gasteiger partial charge is 0.321 e. The van der Waals surface area contributed by atoms with Crippen LogP contribution in [0.25, 0.3) is 0 Å². The van der Waals surface area contributed by atoms with E-state index in [1.807, 2.05) is 0 Å². The summed E-state index contributed by atoms with van der Waals surface area (Å²) < 4.78 is 0. The molecule has 0 unspecified atom stereocenters. The summed E-state index contributed by atoms with van der Waals surface area (Å²) >= 11 is 0.914. The van der Waals surface area contributed by atoms with Crippen LogP contribution in [0.5, 0.6) is 0 Å². The highest BCUT2D eigenvalue weighted by Crippen LogP contribution is 2.02. The minimum absolute atomic E-state index is 0.00884. The predicted molar refractivity (Wildman–Crippen MR) is 52.0 cm³/mol. The van der Waals surface area contributed by atoms with Gasteiger partial charge in [-0.3, -0.25) is 19.7 Å². The lowest BCUT2D eigenvalue weighted by Crippen LogP contribution is -2.41. The van der Waals surface area contributed by atoms with Crippen LogP contribution in [-0.4, -0.2) is 57.3 Å². The summed E-state index contributed by atoms with van der Waals surface area (Å²) in [6.07, 6.45) is 0. The molecule has 0 heterocycles. The molecular formula is C7H11NO6S. The number of carboxylic acid groups (broad SMARTS) is 3. The molecule has 0 saturated heterocycles. The van der Waals surface area contributed by atoms with Gasteiger partial charge in [0.05, 0.1) is 12.3 Å². The van der Waals surface area contributed by atoms with Crippen molar-refractivity contribution in [3.8, 4) is 0 Å². The Hall–Kier alpha value is -1.28. The molecule has 8 heteroatoms. The molecule has 15 heavy (non-hydrogen) atoms. The van der Waals surface area contributed by atoms with Gasteiger partial charge in [0.25, 0.3) is 0 Å². The first-order valence-electron chi connectivity index (χ1n) is 3.91. The van der Waals surface area contributed by atoms with E-state index in [1.165, 1.54) is 0 Å². The van der Waals surface area contributed by atoms with Gasteiger partial charge in [-0.15, -0.1) is 11.8 Å². The van der Waals surface area contributed by atoms with Crippen LogP contribution in [0.1, 0.15) is 0 Å². The van der Waals surface area contributed by atoms with Crippen LogP contribution >= 0.6 is 11.8 Å². The van der Waals surface area contributed by atoms with E-state index in [-0.39, 0.29) is 11.5 Å². The fraction of sp³-hybridized carbons (Fsp3) is 0.571. The van der Waals surface area contributed by atoms with Crippen LogP contribution in [0.4, 0.5) is 0 Å². The third kappa shape index (κ3) is 7.77. The summed E-state index contributed by atoms with van der Waals surface area (Å²) in [5.41, 5.74) is 0. The second-order valence-electron chi connectivity index (χ2n) is 2.57. The number of rotatable bonds is 8. The molecule has 0 fully saturated rings. The first-order valence-corrected chi connectivity index (χ1v) is 5.06. The second-order valence-corrected chi connectivity index (χ2v) is 3.60. The zero-order valence-corrected chi connectivity index (χ0v) is 8.49. The molecule has 0 saturated carbocycles. The minimum Gasteiger partial charge on any atom is -0.481 e. The third-order valence-corrected chi connectivity index (χ3v) is 2.33. The van der Waals surface area contributed by atoms with E-state index >= 15 is 0 Å². The zero-order chi connectivity index (χ0) is 11.8.